The van der Waals surface area contributed by atoms with Gasteiger partial charge in [0.05, 0.1) is 4.43 Å². The van der Waals surface area contributed by atoms with Crippen molar-refractivity contribution in [2.45, 2.75) is 6.61 Å². The summed E-state index contributed by atoms with van der Waals surface area (Å²) in [7, 11) is 0. The van der Waals surface area contributed by atoms with Crippen LogP contribution in [0.25, 0.3) is 0 Å². The van der Waals surface area contributed by atoms with E-state index in [1.165, 1.54) is 0 Å². The van der Waals surface area contributed by atoms with Crippen molar-refractivity contribution >= 4 is 22.6 Å². The smallest absolute Gasteiger partial charge is 0.125 e. The number of alkyl halides is 1. The molecule has 0 aliphatic rings. The molecule has 0 radical (unpaired) electrons. The van der Waals surface area contributed by atoms with E-state index in [-0.39, 0.29) is 0 Å². The first-order valence-corrected chi connectivity index (χ1v) is 5.15. The van der Waals surface area contributed by atoms with Crippen LogP contribution in [0.3, 0.4) is 0 Å². The van der Waals surface area contributed by atoms with Crippen LogP contribution in [0.5, 0.6) is 0 Å². The van der Waals surface area contributed by atoms with E-state index >= 15 is 0 Å². The molecule has 0 saturated heterocycles. The van der Waals surface area contributed by atoms with Gasteiger partial charge in [-0.3, -0.25) is 0 Å². The van der Waals surface area contributed by atoms with Crippen molar-refractivity contribution in [2.24, 2.45) is 0 Å². The SMILES string of the molecule is ICC#COCc1ccccc1. The van der Waals surface area contributed by atoms with Gasteiger partial charge in [-0.05, 0) is 11.5 Å². The summed E-state index contributed by atoms with van der Waals surface area (Å²) < 4.78 is 5.91. The van der Waals surface area contributed by atoms with Crippen LogP contribution in [-0.2, 0) is 11.3 Å². The Kier molecular flexibility index (Phi) is 4.62. The minimum Gasteiger partial charge on any atom is -0.442 e. The van der Waals surface area contributed by atoms with Gasteiger partial charge in [0.25, 0.3) is 0 Å². The third kappa shape index (κ3) is 3.63. The van der Waals surface area contributed by atoms with E-state index in [1.54, 1.807) is 0 Å². The van der Waals surface area contributed by atoms with Crippen LogP contribution in [-0.4, -0.2) is 4.43 Å². The predicted octanol–water partition coefficient (Wildman–Crippen LogP) is 2.60. The quantitative estimate of drug-likeness (QED) is 0.457. The summed E-state index contributed by atoms with van der Waals surface area (Å²) in [5.74, 6) is 2.83. The molecule has 0 atom stereocenters. The Hall–Kier alpha value is -0.690. The highest BCUT2D eigenvalue weighted by Gasteiger charge is 1.87. The highest BCUT2D eigenvalue weighted by Crippen LogP contribution is 1.99. The van der Waals surface area contributed by atoms with E-state index in [2.05, 4.69) is 34.6 Å². The van der Waals surface area contributed by atoms with Gasteiger partial charge in [-0.1, -0.05) is 52.9 Å². The summed E-state index contributed by atoms with van der Waals surface area (Å²) in [5.41, 5.74) is 1.15. The number of hydrogen-bond donors (Lipinski definition) is 0. The van der Waals surface area contributed by atoms with Crippen LogP contribution in [0.1, 0.15) is 5.56 Å². The summed E-state index contributed by atoms with van der Waals surface area (Å²) in [5, 5.41) is 0. The van der Waals surface area contributed by atoms with E-state index in [0.717, 1.165) is 9.99 Å². The fourth-order valence-corrected chi connectivity index (χ4v) is 0.928. The lowest BCUT2D eigenvalue weighted by Crippen LogP contribution is -1.85. The van der Waals surface area contributed by atoms with E-state index in [9.17, 15) is 0 Å². The Morgan fingerprint density at radius 2 is 2.00 bits per heavy atom. The number of rotatable bonds is 2. The molecule has 0 spiro atoms. The van der Waals surface area contributed by atoms with Gasteiger partial charge in [-0.2, -0.15) is 0 Å². The molecule has 0 aromatic heterocycles. The maximum atomic E-state index is 5.09. The zero-order valence-corrected chi connectivity index (χ0v) is 8.74. The molecule has 0 fully saturated rings. The van der Waals surface area contributed by atoms with Gasteiger partial charge in [-0.25, -0.2) is 0 Å². The maximum Gasteiger partial charge on any atom is 0.125 e. The molecule has 12 heavy (non-hydrogen) atoms. The molecule has 1 rings (SSSR count). The van der Waals surface area contributed by atoms with E-state index < -0.39 is 0 Å². The molecule has 0 heterocycles. The average molecular weight is 272 g/mol. The molecule has 0 N–H and O–H groups in total. The fourth-order valence-electron chi connectivity index (χ4n) is 0.772. The van der Waals surface area contributed by atoms with Gasteiger partial charge in [0.15, 0.2) is 0 Å². The molecule has 0 aliphatic carbocycles. The molecule has 2 heteroatoms. The first kappa shape index (κ1) is 9.40. The molecule has 0 unspecified atom stereocenters. The minimum absolute atomic E-state index is 0.574. The van der Waals surface area contributed by atoms with Gasteiger partial charge in [-0.15, -0.1) is 0 Å². The lowest BCUT2D eigenvalue weighted by Gasteiger charge is -1.96. The number of ether oxygens (including phenoxy) is 1. The standard InChI is InChI=1S/C10H9IO/c11-7-4-8-12-9-10-5-2-1-3-6-10/h1-3,5-6H,7,9H2. The lowest BCUT2D eigenvalue weighted by molar-refractivity contribution is 0.265. The summed E-state index contributed by atoms with van der Waals surface area (Å²) in [6.45, 7) is 0.574. The average Bonchev–Trinajstić information content (AvgIpc) is 2.14. The molecular weight excluding hydrogens is 263 g/mol. The molecule has 0 saturated carbocycles. The Morgan fingerprint density at radius 1 is 1.25 bits per heavy atom. The number of hydrogen-bond acceptors (Lipinski definition) is 1. The molecular formula is C10H9IO. The Morgan fingerprint density at radius 3 is 2.67 bits per heavy atom. The van der Waals surface area contributed by atoms with Crippen molar-refractivity contribution in [3.63, 3.8) is 0 Å². The normalized spacial score (nSPS) is 8.42. The first-order chi connectivity index (χ1) is 5.93. The van der Waals surface area contributed by atoms with Crippen LogP contribution in [0.15, 0.2) is 30.3 Å². The maximum absolute atomic E-state index is 5.09. The van der Waals surface area contributed by atoms with Gasteiger partial charge >= 0.3 is 0 Å². The van der Waals surface area contributed by atoms with Crippen LogP contribution in [0.4, 0.5) is 0 Å². The zero-order valence-electron chi connectivity index (χ0n) is 6.59. The summed E-state index contributed by atoms with van der Waals surface area (Å²) in [6, 6.07) is 10.0. The highest BCUT2D eigenvalue weighted by molar-refractivity contribution is 14.1. The molecule has 0 bridgehead atoms. The topological polar surface area (TPSA) is 9.23 Å². The Balaban J connectivity index is 2.34. The third-order valence-corrected chi connectivity index (χ3v) is 1.67. The third-order valence-electron chi connectivity index (χ3n) is 1.29. The zero-order chi connectivity index (χ0) is 8.65. The largest absolute Gasteiger partial charge is 0.442 e. The number of halogens is 1. The minimum atomic E-state index is 0.574. The molecule has 1 aromatic carbocycles. The second-order valence-electron chi connectivity index (χ2n) is 2.19. The summed E-state index contributed by atoms with van der Waals surface area (Å²) in [4.78, 5) is 0. The van der Waals surface area contributed by atoms with E-state index in [4.69, 9.17) is 4.74 Å². The summed E-state index contributed by atoms with van der Waals surface area (Å²) >= 11 is 2.19. The van der Waals surface area contributed by atoms with Crippen molar-refractivity contribution in [2.75, 3.05) is 4.43 Å². The summed E-state index contributed by atoms with van der Waals surface area (Å²) in [6.07, 6.45) is 2.63. The van der Waals surface area contributed by atoms with Gasteiger partial charge < -0.3 is 4.74 Å². The molecule has 0 aliphatic heterocycles. The highest BCUT2D eigenvalue weighted by atomic mass is 127. The van der Waals surface area contributed by atoms with Gasteiger partial charge in [0.1, 0.15) is 12.7 Å². The van der Waals surface area contributed by atoms with Crippen molar-refractivity contribution < 1.29 is 4.74 Å². The second kappa shape index (κ2) is 5.90. The van der Waals surface area contributed by atoms with E-state index in [0.29, 0.717) is 6.61 Å². The Bertz CT molecular complexity index is 271. The second-order valence-corrected chi connectivity index (χ2v) is 2.95. The van der Waals surface area contributed by atoms with Crippen LogP contribution < -0.4 is 0 Å². The predicted molar refractivity (Wildman–Crippen MR) is 57.9 cm³/mol. The van der Waals surface area contributed by atoms with Gasteiger partial charge in [0.2, 0.25) is 0 Å². The van der Waals surface area contributed by atoms with Crippen molar-refractivity contribution in [3.8, 4) is 12.0 Å². The molecule has 0 amide bonds. The monoisotopic (exact) mass is 272 g/mol. The van der Waals surface area contributed by atoms with E-state index in [1.807, 2.05) is 30.3 Å². The Labute approximate surface area is 86.3 Å². The van der Waals surface area contributed by atoms with Gasteiger partial charge in [0, 0.05) is 0 Å². The molecule has 62 valence electrons. The lowest BCUT2D eigenvalue weighted by atomic mass is 10.2. The van der Waals surface area contributed by atoms with Crippen molar-refractivity contribution in [3.05, 3.63) is 35.9 Å². The van der Waals surface area contributed by atoms with Crippen molar-refractivity contribution in [1.82, 2.24) is 0 Å². The van der Waals surface area contributed by atoms with Crippen LogP contribution in [0, 0.1) is 12.0 Å². The van der Waals surface area contributed by atoms with Crippen molar-refractivity contribution in [1.29, 1.82) is 0 Å². The molecule has 1 aromatic rings. The number of benzene rings is 1. The van der Waals surface area contributed by atoms with Crippen LogP contribution in [0.2, 0.25) is 0 Å². The first-order valence-electron chi connectivity index (χ1n) is 3.63. The molecule has 1 nitrogen and oxygen atoms in total. The fraction of sp³-hybridized carbons (Fsp3) is 0.200. The van der Waals surface area contributed by atoms with Crippen LogP contribution >= 0.6 is 22.6 Å².